The number of hydrogen-bond donors (Lipinski definition) is 1. The van der Waals surface area contributed by atoms with Gasteiger partial charge in [-0.05, 0) is 24.6 Å². The summed E-state index contributed by atoms with van der Waals surface area (Å²) in [5.74, 6) is 1.18. The summed E-state index contributed by atoms with van der Waals surface area (Å²) in [6.07, 6.45) is 3.59. The fourth-order valence-electron chi connectivity index (χ4n) is 1.63. The minimum absolute atomic E-state index is 0.267. The van der Waals surface area contributed by atoms with Gasteiger partial charge in [0.1, 0.15) is 12.4 Å². The van der Waals surface area contributed by atoms with Gasteiger partial charge in [0.05, 0.1) is 0 Å². The lowest BCUT2D eigenvalue weighted by atomic mass is 10.2. The molecule has 2 aromatic rings. The minimum Gasteiger partial charge on any atom is -0.503 e. The molecule has 1 heterocycles. The van der Waals surface area contributed by atoms with E-state index in [0.717, 1.165) is 11.3 Å². The van der Waals surface area contributed by atoms with E-state index >= 15 is 0 Å². The summed E-state index contributed by atoms with van der Waals surface area (Å²) in [6, 6.07) is 11.4. The molecule has 1 aromatic heterocycles. The van der Waals surface area contributed by atoms with Crippen molar-refractivity contribution in [3.8, 4) is 11.5 Å². The Hall–Kier alpha value is -2.03. The maximum absolute atomic E-state index is 9.31. The van der Waals surface area contributed by atoms with E-state index in [1.807, 2.05) is 48.0 Å². The molecule has 88 valence electrons. The van der Waals surface area contributed by atoms with Crippen LogP contribution in [0, 0.1) is 6.92 Å². The number of hydrogen-bond acceptors (Lipinski definition) is 2. The van der Waals surface area contributed by atoms with Gasteiger partial charge >= 0.3 is 0 Å². The van der Waals surface area contributed by atoms with Gasteiger partial charge in [-0.15, -0.1) is 0 Å². The number of pyridine rings is 1. The summed E-state index contributed by atoms with van der Waals surface area (Å²) in [4.78, 5) is 0. The first-order chi connectivity index (χ1) is 8.25. The van der Waals surface area contributed by atoms with Crippen LogP contribution in [0.2, 0.25) is 0 Å². The van der Waals surface area contributed by atoms with Gasteiger partial charge in [0.25, 0.3) is 0 Å². The van der Waals surface area contributed by atoms with E-state index in [9.17, 15) is 5.11 Å². The third-order valence-corrected chi connectivity index (χ3v) is 2.54. The van der Waals surface area contributed by atoms with Crippen LogP contribution in [0.4, 0.5) is 0 Å². The first kappa shape index (κ1) is 11.5. The Labute approximate surface area is 101 Å². The molecule has 0 saturated carbocycles. The molecule has 1 N–H and O–H groups in total. The van der Waals surface area contributed by atoms with Crippen LogP contribution < -0.4 is 9.30 Å². The van der Waals surface area contributed by atoms with Gasteiger partial charge in [0, 0.05) is 6.07 Å². The Bertz CT molecular complexity index is 497. The Morgan fingerprint density at radius 2 is 2.00 bits per heavy atom. The van der Waals surface area contributed by atoms with E-state index in [1.165, 1.54) is 0 Å². The normalized spacial score (nSPS) is 10.2. The molecule has 3 heteroatoms. The number of rotatable bonds is 4. The number of ether oxygens (including phenoxy) is 1. The van der Waals surface area contributed by atoms with Crippen LogP contribution in [0.25, 0.3) is 0 Å². The number of para-hydroxylation sites is 1. The minimum atomic E-state index is 0.267. The van der Waals surface area contributed by atoms with Crippen molar-refractivity contribution >= 4 is 0 Å². The molecule has 2 rings (SSSR count). The molecule has 0 fully saturated rings. The Balaban J connectivity index is 1.90. The molecule has 0 atom stereocenters. The van der Waals surface area contributed by atoms with Crippen LogP contribution >= 0.6 is 0 Å². The van der Waals surface area contributed by atoms with Crippen molar-refractivity contribution in [3.63, 3.8) is 0 Å². The molecule has 0 spiro atoms. The summed E-state index contributed by atoms with van der Waals surface area (Å²) in [5.41, 5.74) is 1.13. The Morgan fingerprint density at radius 1 is 1.18 bits per heavy atom. The molecule has 0 aliphatic carbocycles. The number of benzene rings is 1. The van der Waals surface area contributed by atoms with Crippen LogP contribution in [0.15, 0.2) is 48.8 Å². The number of aryl methyl sites for hydroxylation is 1. The van der Waals surface area contributed by atoms with E-state index < -0.39 is 0 Å². The third kappa shape index (κ3) is 3.21. The predicted molar refractivity (Wildman–Crippen MR) is 65.0 cm³/mol. The third-order valence-electron chi connectivity index (χ3n) is 2.54. The van der Waals surface area contributed by atoms with Crippen LogP contribution in [0.1, 0.15) is 5.56 Å². The zero-order valence-electron chi connectivity index (χ0n) is 9.84. The number of nitrogens with zero attached hydrogens (tertiary/aromatic N) is 1. The predicted octanol–water partition coefficient (Wildman–Crippen LogP) is 2.07. The lowest BCUT2D eigenvalue weighted by molar-refractivity contribution is -0.697. The van der Waals surface area contributed by atoms with Gasteiger partial charge in [-0.3, -0.25) is 0 Å². The summed E-state index contributed by atoms with van der Waals surface area (Å²) in [6.45, 7) is 3.32. The summed E-state index contributed by atoms with van der Waals surface area (Å²) in [5, 5.41) is 9.31. The van der Waals surface area contributed by atoms with E-state index in [-0.39, 0.29) is 5.75 Å². The van der Waals surface area contributed by atoms with Crippen molar-refractivity contribution in [3.05, 3.63) is 54.4 Å². The molecular weight excluding hydrogens is 214 g/mol. The summed E-state index contributed by atoms with van der Waals surface area (Å²) < 4.78 is 7.57. The lowest BCUT2D eigenvalue weighted by Crippen LogP contribution is -2.35. The lowest BCUT2D eigenvalue weighted by Gasteiger charge is -2.06. The van der Waals surface area contributed by atoms with Crippen molar-refractivity contribution in [1.82, 2.24) is 0 Å². The summed E-state index contributed by atoms with van der Waals surface area (Å²) in [7, 11) is 0. The smallest absolute Gasteiger partial charge is 0.211 e. The van der Waals surface area contributed by atoms with Crippen LogP contribution in [0.5, 0.6) is 11.5 Å². The quantitative estimate of drug-likeness (QED) is 0.816. The molecule has 0 unspecified atom stereocenters. The standard InChI is InChI=1S/C14H15NO2/c1-12-5-2-3-7-14(12)17-10-9-15-8-4-6-13(16)11-15/h2-8,11H,9-10H2,1H3/p+1. The fourth-order valence-corrected chi connectivity index (χ4v) is 1.63. The molecule has 3 nitrogen and oxygen atoms in total. The second-order valence-electron chi connectivity index (χ2n) is 3.91. The van der Waals surface area contributed by atoms with Gasteiger partial charge in [0.15, 0.2) is 18.5 Å². The van der Waals surface area contributed by atoms with Crippen molar-refractivity contribution < 1.29 is 14.4 Å². The average molecular weight is 230 g/mol. The second-order valence-corrected chi connectivity index (χ2v) is 3.91. The maximum Gasteiger partial charge on any atom is 0.211 e. The second kappa shape index (κ2) is 5.34. The molecule has 0 saturated heterocycles. The molecule has 0 aliphatic heterocycles. The highest BCUT2D eigenvalue weighted by Crippen LogP contribution is 2.15. The Kier molecular flexibility index (Phi) is 3.60. The van der Waals surface area contributed by atoms with E-state index in [4.69, 9.17) is 4.74 Å². The zero-order valence-corrected chi connectivity index (χ0v) is 9.84. The van der Waals surface area contributed by atoms with Crippen LogP contribution in [0.3, 0.4) is 0 Å². The fraction of sp³-hybridized carbons (Fsp3) is 0.214. The van der Waals surface area contributed by atoms with Crippen LogP contribution in [-0.4, -0.2) is 11.7 Å². The molecular formula is C14H16NO2+. The van der Waals surface area contributed by atoms with Crippen molar-refractivity contribution in [2.45, 2.75) is 13.5 Å². The molecule has 1 aromatic carbocycles. The van der Waals surface area contributed by atoms with Crippen molar-refractivity contribution in [2.24, 2.45) is 0 Å². The molecule has 0 amide bonds. The van der Waals surface area contributed by atoms with Gasteiger partial charge in [-0.2, -0.15) is 4.57 Å². The van der Waals surface area contributed by atoms with E-state index in [0.29, 0.717) is 13.2 Å². The van der Waals surface area contributed by atoms with Crippen molar-refractivity contribution in [1.29, 1.82) is 0 Å². The van der Waals surface area contributed by atoms with Gasteiger partial charge in [-0.1, -0.05) is 18.2 Å². The Morgan fingerprint density at radius 3 is 2.76 bits per heavy atom. The summed E-state index contributed by atoms with van der Waals surface area (Å²) >= 11 is 0. The monoisotopic (exact) mass is 230 g/mol. The highest BCUT2D eigenvalue weighted by Gasteiger charge is 2.03. The van der Waals surface area contributed by atoms with Gasteiger partial charge in [-0.25, -0.2) is 0 Å². The van der Waals surface area contributed by atoms with E-state index in [1.54, 1.807) is 12.3 Å². The maximum atomic E-state index is 9.31. The van der Waals surface area contributed by atoms with Gasteiger partial charge < -0.3 is 9.84 Å². The molecule has 17 heavy (non-hydrogen) atoms. The number of aromatic nitrogens is 1. The largest absolute Gasteiger partial charge is 0.503 e. The van der Waals surface area contributed by atoms with Gasteiger partial charge in [0.2, 0.25) is 6.20 Å². The topological polar surface area (TPSA) is 33.3 Å². The molecule has 0 aliphatic rings. The molecule has 0 bridgehead atoms. The first-order valence-electron chi connectivity index (χ1n) is 5.62. The van der Waals surface area contributed by atoms with E-state index in [2.05, 4.69) is 0 Å². The highest BCUT2D eigenvalue weighted by molar-refractivity contribution is 5.31. The van der Waals surface area contributed by atoms with Crippen molar-refractivity contribution in [2.75, 3.05) is 6.61 Å². The SMILES string of the molecule is Cc1ccccc1OCC[n+]1cccc(O)c1. The van der Waals surface area contributed by atoms with Crippen LogP contribution in [-0.2, 0) is 6.54 Å². The zero-order chi connectivity index (χ0) is 12.1. The first-order valence-corrected chi connectivity index (χ1v) is 5.62. The highest BCUT2D eigenvalue weighted by atomic mass is 16.5. The number of aromatic hydroxyl groups is 1. The average Bonchev–Trinajstić information content (AvgIpc) is 2.32. The molecule has 0 radical (unpaired) electrons.